The summed E-state index contributed by atoms with van der Waals surface area (Å²) in [6.07, 6.45) is 3.70. The van der Waals surface area contributed by atoms with Crippen molar-refractivity contribution in [2.75, 3.05) is 11.9 Å². The molecule has 1 aromatic heterocycles. The lowest BCUT2D eigenvalue weighted by atomic mass is 10.1. The summed E-state index contributed by atoms with van der Waals surface area (Å²) in [7, 11) is 0. The molecule has 0 atom stereocenters. The van der Waals surface area contributed by atoms with Gasteiger partial charge in [-0.2, -0.15) is 0 Å². The summed E-state index contributed by atoms with van der Waals surface area (Å²) >= 11 is 0. The van der Waals surface area contributed by atoms with Gasteiger partial charge in [0.1, 0.15) is 5.69 Å². The fourth-order valence-corrected chi connectivity index (χ4v) is 3.16. The van der Waals surface area contributed by atoms with Crippen LogP contribution in [0.5, 0.6) is 0 Å². The number of hydrogen-bond donors (Lipinski definition) is 2. The highest BCUT2D eigenvalue weighted by Crippen LogP contribution is 2.22. The Hall–Kier alpha value is -2.63. The maximum Gasteiger partial charge on any atom is 0.291 e. The molecule has 1 aliphatic rings. The predicted molar refractivity (Wildman–Crippen MR) is 101 cm³/mol. The second-order valence-electron chi connectivity index (χ2n) is 7.10. The lowest BCUT2D eigenvalue weighted by molar-refractivity contribution is 0.0946. The standard InChI is InChI=1S/C20H26N4O2/c1-14(2)11-12-21-19(25)17-16-10-6-7-13-24(16)18(23-17)20(26)22-15-8-4-3-5-9-15/h3-5,8-9,14H,6-7,10-13H2,1-2H3,(H,21,25)(H,22,26). The molecule has 3 rings (SSSR count). The number of benzene rings is 1. The Morgan fingerprint density at radius 2 is 1.92 bits per heavy atom. The summed E-state index contributed by atoms with van der Waals surface area (Å²) in [6.45, 7) is 5.58. The minimum atomic E-state index is -0.277. The normalized spacial score (nSPS) is 13.3. The van der Waals surface area contributed by atoms with Crippen molar-refractivity contribution in [2.24, 2.45) is 5.92 Å². The third-order valence-corrected chi connectivity index (χ3v) is 4.57. The molecule has 1 aromatic carbocycles. The zero-order chi connectivity index (χ0) is 18.5. The van der Waals surface area contributed by atoms with E-state index in [0.29, 0.717) is 29.7 Å². The Morgan fingerprint density at radius 3 is 2.65 bits per heavy atom. The lowest BCUT2D eigenvalue weighted by Crippen LogP contribution is -2.27. The van der Waals surface area contributed by atoms with Crippen LogP contribution in [-0.4, -0.2) is 27.9 Å². The largest absolute Gasteiger partial charge is 0.351 e. The quantitative estimate of drug-likeness (QED) is 0.836. The molecule has 2 N–H and O–H groups in total. The highest BCUT2D eigenvalue weighted by atomic mass is 16.2. The van der Waals surface area contributed by atoms with Gasteiger partial charge in [0, 0.05) is 18.8 Å². The second kappa shape index (κ2) is 8.17. The molecule has 2 aromatic rings. The number of carbonyl (C=O) groups excluding carboxylic acids is 2. The van der Waals surface area contributed by atoms with Crippen LogP contribution in [0.15, 0.2) is 30.3 Å². The monoisotopic (exact) mass is 354 g/mol. The SMILES string of the molecule is CC(C)CCNC(=O)c1nc(C(=O)Nc2ccccc2)n2c1CCCC2. The molecule has 0 unspecified atom stereocenters. The number of hydrogen-bond acceptors (Lipinski definition) is 3. The van der Waals surface area contributed by atoms with Crippen molar-refractivity contribution in [1.29, 1.82) is 0 Å². The Balaban J connectivity index is 1.81. The Kier molecular flexibility index (Phi) is 5.71. The fraction of sp³-hybridized carbons (Fsp3) is 0.450. The lowest BCUT2D eigenvalue weighted by Gasteiger charge is -2.17. The minimum Gasteiger partial charge on any atom is -0.351 e. The molecule has 0 spiro atoms. The molecule has 0 bridgehead atoms. The van der Waals surface area contributed by atoms with Gasteiger partial charge in [0.15, 0.2) is 5.82 Å². The number of para-hydroxylation sites is 1. The van der Waals surface area contributed by atoms with Gasteiger partial charge >= 0.3 is 0 Å². The first kappa shape index (κ1) is 18.2. The average Bonchev–Trinajstić information content (AvgIpc) is 3.02. The minimum absolute atomic E-state index is 0.185. The summed E-state index contributed by atoms with van der Waals surface area (Å²) < 4.78 is 1.90. The van der Waals surface area contributed by atoms with Crippen LogP contribution >= 0.6 is 0 Å². The molecule has 26 heavy (non-hydrogen) atoms. The second-order valence-corrected chi connectivity index (χ2v) is 7.10. The number of nitrogens with zero attached hydrogens (tertiary/aromatic N) is 2. The van der Waals surface area contributed by atoms with E-state index < -0.39 is 0 Å². The molecule has 2 heterocycles. The van der Waals surface area contributed by atoms with E-state index in [4.69, 9.17) is 0 Å². The third-order valence-electron chi connectivity index (χ3n) is 4.57. The van der Waals surface area contributed by atoms with E-state index in [1.54, 1.807) is 0 Å². The molecule has 2 amide bonds. The van der Waals surface area contributed by atoms with Gasteiger partial charge in [-0.05, 0) is 43.7 Å². The van der Waals surface area contributed by atoms with E-state index in [9.17, 15) is 9.59 Å². The molecule has 0 saturated carbocycles. The highest BCUT2D eigenvalue weighted by Gasteiger charge is 2.27. The van der Waals surface area contributed by atoms with Gasteiger partial charge in [-0.15, -0.1) is 0 Å². The van der Waals surface area contributed by atoms with E-state index >= 15 is 0 Å². The summed E-state index contributed by atoms with van der Waals surface area (Å²) in [5.74, 6) is 0.381. The molecule has 0 fully saturated rings. The maximum absolute atomic E-state index is 12.7. The summed E-state index contributed by atoms with van der Waals surface area (Å²) in [5.41, 5.74) is 1.98. The van der Waals surface area contributed by atoms with E-state index in [1.807, 2.05) is 34.9 Å². The number of imidazole rings is 1. The summed E-state index contributed by atoms with van der Waals surface area (Å²) in [4.78, 5) is 29.7. The van der Waals surface area contributed by atoms with E-state index in [2.05, 4.69) is 29.5 Å². The van der Waals surface area contributed by atoms with Crippen LogP contribution in [0.3, 0.4) is 0 Å². The molecule has 138 valence electrons. The Morgan fingerprint density at radius 1 is 1.15 bits per heavy atom. The predicted octanol–water partition coefficient (Wildman–Crippen LogP) is 3.25. The van der Waals surface area contributed by atoms with Crippen LogP contribution in [0.4, 0.5) is 5.69 Å². The van der Waals surface area contributed by atoms with Crippen molar-refractivity contribution in [3.8, 4) is 0 Å². The van der Waals surface area contributed by atoms with Crippen molar-refractivity contribution in [1.82, 2.24) is 14.9 Å². The molecule has 0 radical (unpaired) electrons. The van der Waals surface area contributed by atoms with Gasteiger partial charge in [-0.1, -0.05) is 32.0 Å². The number of rotatable bonds is 6. The Labute approximate surface area is 154 Å². The van der Waals surface area contributed by atoms with Crippen molar-refractivity contribution in [3.63, 3.8) is 0 Å². The van der Waals surface area contributed by atoms with E-state index in [-0.39, 0.29) is 11.8 Å². The van der Waals surface area contributed by atoms with Gasteiger partial charge in [0.2, 0.25) is 0 Å². The molecule has 0 saturated heterocycles. The number of carbonyl (C=O) groups is 2. The molecular formula is C20H26N4O2. The number of fused-ring (bicyclic) bond motifs is 1. The van der Waals surface area contributed by atoms with Crippen molar-refractivity contribution in [3.05, 3.63) is 47.5 Å². The van der Waals surface area contributed by atoms with Crippen LogP contribution in [0, 0.1) is 5.92 Å². The third kappa shape index (κ3) is 4.12. The number of nitrogens with one attached hydrogen (secondary N) is 2. The van der Waals surface area contributed by atoms with Gasteiger partial charge in [0.05, 0.1) is 5.69 Å². The van der Waals surface area contributed by atoms with Gasteiger partial charge in [-0.25, -0.2) is 4.98 Å². The smallest absolute Gasteiger partial charge is 0.291 e. The average molecular weight is 354 g/mol. The molecular weight excluding hydrogens is 328 g/mol. The van der Waals surface area contributed by atoms with Gasteiger partial charge < -0.3 is 15.2 Å². The zero-order valence-electron chi connectivity index (χ0n) is 15.4. The van der Waals surface area contributed by atoms with Crippen LogP contribution < -0.4 is 10.6 Å². The highest BCUT2D eigenvalue weighted by molar-refractivity contribution is 6.03. The van der Waals surface area contributed by atoms with Crippen LogP contribution in [0.1, 0.15) is 59.9 Å². The van der Waals surface area contributed by atoms with Crippen molar-refractivity contribution in [2.45, 2.75) is 46.1 Å². The Bertz CT molecular complexity index is 781. The fourth-order valence-electron chi connectivity index (χ4n) is 3.16. The molecule has 6 nitrogen and oxygen atoms in total. The van der Waals surface area contributed by atoms with Gasteiger partial charge in [0.25, 0.3) is 11.8 Å². The summed E-state index contributed by atoms with van der Waals surface area (Å²) in [5, 5.41) is 5.80. The first-order valence-electron chi connectivity index (χ1n) is 9.30. The molecule has 6 heteroatoms. The van der Waals surface area contributed by atoms with E-state index in [0.717, 1.165) is 37.9 Å². The van der Waals surface area contributed by atoms with Crippen LogP contribution in [0.25, 0.3) is 0 Å². The molecule has 0 aliphatic carbocycles. The topological polar surface area (TPSA) is 76.0 Å². The number of anilines is 1. The van der Waals surface area contributed by atoms with Crippen molar-refractivity contribution >= 4 is 17.5 Å². The van der Waals surface area contributed by atoms with E-state index in [1.165, 1.54) is 0 Å². The summed E-state index contributed by atoms with van der Waals surface area (Å²) in [6, 6.07) is 9.29. The van der Waals surface area contributed by atoms with Crippen molar-refractivity contribution < 1.29 is 9.59 Å². The zero-order valence-corrected chi connectivity index (χ0v) is 15.4. The first-order valence-corrected chi connectivity index (χ1v) is 9.30. The number of aromatic nitrogens is 2. The van der Waals surface area contributed by atoms with Gasteiger partial charge in [-0.3, -0.25) is 9.59 Å². The first-order chi connectivity index (χ1) is 12.6. The van der Waals surface area contributed by atoms with Crippen LogP contribution in [-0.2, 0) is 13.0 Å². The number of amides is 2. The van der Waals surface area contributed by atoms with Crippen LogP contribution in [0.2, 0.25) is 0 Å². The molecule has 1 aliphatic heterocycles. The maximum atomic E-state index is 12.7.